The molecule has 1 nitrogen and oxygen atoms in total. The van der Waals surface area contributed by atoms with Crippen LogP contribution in [0.15, 0.2) is 97.1 Å². The van der Waals surface area contributed by atoms with Crippen LogP contribution in [-0.4, -0.2) is 6.11 Å². The minimum atomic E-state index is -3.55. The molecule has 196 valence electrons. The van der Waals surface area contributed by atoms with Gasteiger partial charge >= 0.3 is 6.11 Å². The first-order valence-corrected chi connectivity index (χ1v) is 12.8. The van der Waals surface area contributed by atoms with Gasteiger partial charge in [0.15, 0.2) is 0 Å². The second-order valence-electron chi connectivity index (χ2n) is 9.15. The monoisotopic (exact) mass is 518 g/mol. The van der Waals surface area contributed by atoms with Gasteiger partial charge in [-0.25, -0.2) is 8.78 Å². The van der Waals surface area contributed by atoms with Gasteiger partial charge in [0.25, 0.3) is 0 Å². The summed E-state index contributed by atoms with van der Waals surface area (Å²) >= 11 is 0. The first-order chi connectivity index (χ1) is 18.3. The molecule has 0 bridgehead atoms. The summed E-state index contributed by atoms with van der Waals surface area (Å²) in [6, 6.07) is 24.5. The largest absolute Gasteiger partial charge is 0.429 e. The fourth-order valence-electron chi connectivity index (χ4n) is 4.25. The average molecular weight is 519 g/mol. The lowest BCUT2D eigenvalue weighted by Crippen LogP contribution is -2.21. The maximum absolute atomic E-state index is 14.9. The number of benzene rings is 4. The number of hydrogen-bond donors (Lipinski definition) is 0. The van der Waals surface area contributed by atoms with E-state index in [0.29, 0.717) is 36.5 Å². The first kappa shape index (κ1) is 27.2. The van der Waals surface area contributed by atoms with Crippen molar-refractivity contribution in [3.05, 3.63) is 125 Å². The summed E-state index contributed by atoms with van der Waals surface area (Å²) in [5.74, 6) is -1.09. The van der Waals surface area contributed by atoms with Crippen LogP contribution in [0.4, 0.5) is 17.6 Å². The number of alkyl halides is 2. The zero-order chi connectivity index (χ0) is 27.1. The Morgan fingerprint density at radius 1 is 0.684 bits per heavy atom. The van der Waals surface area contributed by atoms with Gasteiger partial charge in [0.05, 0.1) is 0 Å². The highest BCUT2D eigenvalue weighted by molar-refractivity contribution is 5.71. The van der Waals surface area contributed by atoms with Crippen molar-refractivity contribution in [2.75, 3.05) is 0 Å². The van der Waals surface area contributed by atoms with Gasteiger partial charge < -0.3 is 4.74 Å². The maximum atomic E-state index is 14.9. The predicted octanol–water partition coefficient (Wildman–Crippen LogP) is 9.58. The zero-order valence-electron chi connectivity index (χ0n) is 21.5. The Labute approximate surface area is 221 Å². The zero-order valence-corrected chi connectivity index (χ0v) is 21.5. The summed E-state index contributed by atoms with van der Waals surface area (Å²) in [7, 11) is 0. The lowest BCUT2D eigenvalue weighted by molar-refractivity contribution is -0.131. The van der Waals surface area contributed by atoms with Gasteiger partial charge in [-0.2, -0.15) is 8.78 Å². The summed E-state index contributed by atoms with van der Waals surface area (Å²) in [6.45, 7) is 3.88. The third-order valence-electron chi connectivity index (χ3n) is 6.50. The van der Waals surface area contributed by atoms with Crippen LogP contribution in [0.2, 0.25) is 0 Å². The highest BCUT2D eigenvalue weighted by Crippen LogP contribution is 2.29. The van der Waals surface area contributed by atoms with Crippen molar-refractivity contribution >= 4 is 0 Å². The fourth-order valence-corrected chi connectivity index (χ4v) is 4.25. The summed E-state index contributed by atoms with van der Waals surface area (Å²) < 4.78 is 61.7. The van der Waals surface area contributed by atoms with Crippen molar-refractivity contribution in [3.8, 4) is 28.0 Å². The van der Waals surface area contributed by atoms with Crippen LogP contribution in [0.5, 0.6) is 5.75 Å². The van der Waals surface area contributed by atoms with Crippen molar-refractivity contribution in [1.82, 2.24) is 0 Å². The number of halogens is 4. The lowest BCUT2D eigenvalue weighted by atomic mass is 9.97. The van der Waals surface area contributed by atoms with E-state index in [0.717, 1.165) is 34.7 Å². The number of hydrogen-bond acceptors (Lipinski definition) is 1. The van der Waals surface area contributed by atoms with E-state index in [1.54, 1.807) is 19.1 Å². The SMILES string of the molecule is CCc1ccc(-c2ccc(-c3ccc(CCC=CC(F)(F)Oc4ccc(CC)c(F)c4)cc3)c(F)c2)cc1. The molecule has 0 atom stereocenters. The van der Waals surface area contributed by atoms with Crippen LogP contribution in [0, 0.1) is 11.6 Å². The van der Waals surface area contributed by atoms with Gasteiger partial charge in [0, 0.05) is 17.7 Å². The Balaban J connectivity index is 1.34. The third kappa shape index (κ3) is 6.91. The van der Waals surface area contributed by atoms with Crippen molar-refractivity contribution in [2.24, 2.45) is 0 Å². The second kappa shape index (κ2) is 12.1. The fraction of sp³-hybridized carbons (Fsp3) is 0.212. The van der Waals surface area contributed by atoms with Gasteiger partial charge in [-0.15, -0.1) is 0 Å². The van der Waals surface area contributed by atoms with Crippen molar-refractivity contribution < 1.29 is 22.3 Å². The van der Waals surface area contributed by atoms with Crippen LogP contribution >= 0.6 is 0 Å². The molecule has 0 aromatic heterocycles. The van der Waals surface area contributed by atoms with Crippen LogP contribution in [-0.2, 0) is 19.3 Å². The third-order valence-corrected chi connectivity index (χ3v) is 6.50. The molecule has 0 heterocycles. The van der Waals surface area contributed by atoms with E-state index in [4.69, 9.17) is 0 Å². The molecule has 4 aromatic rings. The Morgan fingerprint density at radius 3 is 1.97 bits per heavy atom. The predicted molar refractivity (Wildman–Crippen MR) is 145 cm³/mol. The van der Waals surface area contributed by atoms with Crippen molar-refractivity contribution in [3.63, 3.8) is 0 Å². The number of aryl methyl sites for hydroxylation is 3. The standard InChI is InChI=1S/C33H30F4O/c1-3-23-8-12-26(13-9-23)28-17-19-30(32(35)21-28)27-14-10-24(11-15-27)7-5-6-20-33(36,37)38-29-18-16-25(4-2)31(34)22-29/h6,8-22H,3-5,7H2,1-2H3. The minimum absolute atomic E-state index is 0.223. The van der Waals surface area contributed by atoms with E-state index < -0.39 is 11.9 Å². The summed E-state index contributed by atoms with van der Waals surface area (Å²) in [5, 5.41) is 0. The Morgan fingerprint density at radius 2 is 1.34 bits per heavy atom. The van der Waals surface area contributed by atoms with Crippen LogP contribution in [0.3, 0.4) is 0 Å². The molecule has 0 aliphatic heterocycles. The Bertz CT molecular complexity index is 1390. The quantitative estimate of drug-likeness (QED) is 0.150. The van der Waals surface area contributed by atoms with Crippen molar-refractivity contribution in [2.45, 2.75) is 45.6 Å². The first-order valence-electron chi connectivity index (χ1n) is 12.8. The summed E-state index contributed by atoms with van der Waals surface area (Å²) in [5.41, 5.74) is 5.65. The van der Waals surface area contributed by atoms with Crippen LogP contribution < -0.4 is 4.74 Å². The molecule has 0 unspecified atom stereocenters. The number of allylic oxidation sites excluding steroid dienone is 1. The summed E-state index contributed by atoms with van der Waals surface area (Å²) in [4.78, 5) is 0. The molecule has 4 rings (SSSR count). The normalized spacial score (nSPS) is 11.7. The molecule has 4 aromatic carbocycles. The second-order valence-corrected chi connectivity index (χ2v) is 9.15. The molecule has 0 amide bonds. The van der Waals surface area contributed by atoms with Gasteiger partial charge in [-0.3, -0.25) is 0 Å². The molecule has 0 saturated heterocycles. The Kier molecular flexibility index (Phi) is 8.67. The summed E-state index contributed by atoms with van der Waals surface area (Å²) in [6.07, 6.45) is 0.792. The molecular weight excluding hydrogens is 488 g/mol. The van der Waals surface area contributed by atoms with Crippen LogP contribution in [0.1, 0.15) is 37.0 Å². The van der Waals surface area contributed by atoms with Gasteiger partial charge in [0.1, 0.15) is 17.4 Å². The van der Waals surface area contributed by atoms with Crippen molar-refractivity contribution in [1.29, 1.82) is 0 Å². The van der Waals surface area contributed by atoms with E-state index in [1.807, 2.05) is 42.5 Å². The lowest BCUT2D eigenvalue weighted by Gasteiger charge is -2.15. The molecule has 0 spiro atoms. The highest BCUT2D eigenvalue weighted by Gasteiger charge is 2.27. The molecule has 0 radical (unpaired) electrons. The average Bonchev–Trinajstić information content (AvgIpc) is 2.91. The highest BCUT2D eigenvalue weighted by atomic mass is 19.3. The van der Waals surface area contributed by atoms with E-state index in [2.05, 4.69) is 23.8 Å². The molecule has 0 aliphatic carbocycles. The van der Waals surface area contributed by atoms with E-state index >= 15 is 0 Å². The van der Waals surface area contributed by atoms with Gasteiger partial charge in [0.2, 0.25) is 0 Å². The van der Waals surface area contributed by atoms with Gasteiger partial charge in [-0.1, -0.05) is 86.7 Å². The minimum Gasteiger partial charge on any atom is -0.429 e. The molecule has 5 heteroatoms. The maximum Gasteiger partial charge on any atom is 0.419 e. The molecule has 0 aliphatic rings. The Hall–Kier alpha value is -3.86. The molecule has 0 fully saturated rings. The number of ether oxygens (including phenoxy) is 1. The smallest absolute Gasteiger partial charge is 0.419 e. The van der Waals surface area contributed by atoms with E-state index in [9.17, 15) is 17.6 Å². The molecule has 0 N–H and O–H groups in total. The molecule has 38 heavy (non-hydrogen) atoms. The number of rotatable bonds is 10. The van der Waals surface area contributed by atoms with E-state index in [-0.39, 0.29) is 11.6 Å². The molecule has 0 saturated carbocycles. The van der Waals surface area contributed by atoms with Gasteiger partial charge in [-0.05, 0) is 71.2 Å². The topological polar surface area (TPSA) is 9.23 Å². The van der Waals surface area contributed by atoms with E-state index in [1.165, 1.54) is 23.8 Å². The van der Waals surface area contributed by atoms with Crippen LogP contribution in [0.25, 0.3) is 22.3 Å². The molecular formula is C33H30F4O.